The Morgan fingerprint density at radius 1 is 1.22 bits per heavy atom. The lowest BCUT2D eigenvalue weighted by atomic mass is 10.0. The monoisotopic (exact) mass is 318 g/mol. The van der Waals surface area contributed by atoms with Crippen molar-refractivity contribution in [3.8, 4) is 0 Å². The Labute approximate surface area is 139 Å². The summed E-state index contributed by atoms with van der Waals surface area (Å²) in [6.45, 7) is 10.2. The first kappa shape index (κ1) is 16.5. The Kier molecular flexibility index (Phi) is 5.05. The highest BCUT2D eigenvalue weighted by Gasteiger charge is 2.38. The van der Waals surface area contributed by atoms with Crippen LogP contribution in [-0.4, -0.2) is 57.2 Å². The van der Waals surface area contributed by atoms with E-state index in [9.17, 15) is 4.79 Å². The van der Waals surface area contributed by atoms with Crippen molar-refractivity contribution >= 4 is 5.91 Å². The topological polar surface area (TPSA) is 41.4 Å². The molecule has 0 N–H and O–H groups in total. The normalized spacial score (nSPS) is 25.4. The fourth-order valence-electron chi connectivity index (χ4n) is 4.43. The number of hydrogen-bond donors (Lipinski definition) is 0. The number of likely N-dealkylation sites (tertiary alicyclic amines) is 2. The number of amides is 1. The highest BCUT2D eigenvalue weighted by molar-refractivity contribution is 5.76. The van der Waals surface area contributed by atoms with Gasteiger partial charge in [0.15, 0.2) is 0 Å². The van der Waals surface area contributed by atoms with E-state index in [-0.39, 0.29) is 0 Å². The van der Waals surface area contributed by atoms with Gasteiger partial charge in [0.05, 0.1) is 5.69 Å². The van der Waals surface area contributed by atoms with Gasteiger partial charge in [0.1, 0.15) is 0 Å². The van der Waals surface area contributed by atoms with Gasteiger partial charge >= 0.3 is 0 Å². The van der Waals surface area contributed by atoms with Gasteiger partial charge in [0.25, 0.3) is 0 Å². The second-order valence-corrected chi connectivity index (χ2v) is 7.04. The Morgan fingerprint density at radius 3 is 2.65 bits per heavy atom. The Bertz CT molecular complexity index is 553. The van der Waals surface area contributed by atoms with Crippen LogP contribution in [0, 0.1) is 13.8 Å². The van der Waals surface area contributed by atoms with E-state index in [1.54, 1.807) is 0 Å². The molecule has 0 spiro atoms. The first-order chi connectivity index (χ1) is 11.1. The van der Waals surface area contributed by atoms with Crippen LogP contribution in [0.15, 0.2) is 6.07 Å². The smallest absolute Gasteiger partial charge is 0.224 e. The van der Waals surface area contributed by atoms with E-state index in [4.69, 9.17) is 0 Å². The van der Waals surface area contributed by atoms with Gasteiger partial charge in [0, 0.05) is 37.3 Å². The van der Waals surface area contributed by atoms with Crippen molar-refractivity contribution in [1.29, 1.82) is 0 Å². The molecule has 0 aliphatic carbocycles. The lowest BCUT2D eigenvalue weighted by molar-refractivity contribution is -0.133. The molecule has 0 saturated carbocycles. The Balaban J connectivity index is 1.60. The van der Waals surface area contributed by atoms with Crippen molar-refractivity contribution in [2.24, 2.45) is 0 Å². The van der Waals surface area contributed by atoms with Gasteiger partial charge in [-0.15, -0.1) is 0 Å². The fraction of sp³-hybridized carbons (Fsp3) is 0.778. The third kappa shape index (κ3) is 3.44. The molecule has 0 unspecified atom stereocenters. The number of carbonyl (C=O) groups excluding carboxylic acids is 1. The quantitative estimate of drug-likeness (QED) is 0.837. The lowest BCUT2D eigenvalue weighted by Gasteiger charge is -2.34. The van der Waals surface area contributed by atoms with E-state index in [0.29, 0.717) is 31.0 Å². The molecule has 0 aromatic carbocycles. The summed E-state index contributed by atoms with van der Waals surface area (Å²) in [6.07, 6.45) is 5.43. The molecule has 128 valence electrons. The molecule has 2 fully saturated rings. The predicted octanol–water partition coefficient (Wildman–Crippen LogP) is 2.37. The van der Waals surface area contributed by atoms with Gasteiger partial charge in [-0.3, -0.25) is 14.4 Å². The van der Waals surface area contributed by atoms with Gasteiger partial charge in [0.2, 0.25) is 5.91 Å². The molecule has 0 bridgehead atoms. The van der Waals surface area contributed by atoms with E-state index in [2.05, 4.69) is 34.8 Å². The molecule has 3 rings (SSSR count). The Hall–Kier alpha value is -1.36. The van der Waals surface area contributed by atoms with Gasteiger partial charge in [-0.2, -0.15) is 5.10 Å². The van der Waals surface area contributed by atoms with Crippen LogP contribution in [-0.2, 0) is 11.3 Å². The van der Waals surface area contributed by atoms with Crippen LogP contribution in [0.3, 0.4) is 0 Å². The van der Waals surface area contributed by atoms with Crippen molar-refractivity contribution in [2.45, 2.75) is 71.5 Å². The van der Waals surface area contributed by atoms with Crippen molar-refractivity contribution in [2.75, 3.05) is 19.6 Å². The van der Waals surface area contributed by atoms with Gasteiger partial charge in [-0.05, 0) is 58.7 Å². The summed E-state index contributed by atoms with van der Waals surface area (Å²) in [5.74, 6) is 0.308. The fourth-order valence-corrected chi connectivity index (χ4v) is 4.43. The molecule has 2 aliphatic rings. The second-order valence-electron chi connectivity index (χ2n) is 7.04. The standard InChI is InChI=1S/C18H30N4O/c1-4-20-10-5-7-16(20)17-8-6-11-21(17)18(23)9-12-22-15(3)13-14(2)19-22/h13,16-17H,4-12H2,1-3H3/t16-,17+/m1/s1. The van der Waals surface area contributed by atoms with Crippen LogP contribution in [0.25, 0.3) is 0 Å². The minimum Gasteiger partial charge on any atom is -0.338 e. The number of nitrogens with zero attached hydrogens (tertiary/aromatic N) is 4. The summed E-state index contributed by atoms with van der Waals surface area (Å²) in [5, 5.41) is 4.47. The molecule has 2 aliphatic heterocycles. The van der Waals surface area contributed by atoms with Crippen molar-refractivity contribution in [1.82, 2.24) is 19.6 Å². The summed E-state index contributed by atoms with van der Waals surface area (Å²) in [7, 11) is 0. The Morgan fingerprint density at radius 2 is 1.96 bits per heavy atom. The molecule has 1 aromatic rings. The average Bonchev–Trinajstić information content (AvgIpc) is 3.23. The summed E-state index contributed by atoms with van der Waals surface area (Å²) in [5.41, 5.74) is 2.17. The van der Waals surface area contributed by atoms with E-state index in [0.717, 1.165) is 30.9 Å². The summed E-state index contributed by atoms with van der Waals surface area (Å²) in [6, 6.07) is 3.09. The average molecular weight is 318 g/mol. The van der Waals surface area contributed by atoms with Crippen LogP contribution in [0.2, 0.25) is 0 Å². The number of carbonyl (C=O) groups is 1. The third-order valence-corrected chi connectivity index (χ3v) is 5.52. The molecule has 3 heterocycles. The molecule has 2 saturated heterocycles. The van der Waals surface area contributed by atoms with E-state index in [1.807, 2.05) is 11.6 Å². The number of likely N-dealkylation sites (N-methyl/N-ethyl adjacent to an activating group) is 1. The van der Waals surface area contributed by atoms with Crippen molar-refractivity contribution in [3.63, 3.8) is 0 Å². The van der Waals surface area contributed by atoms with Gasteiger partial charge in [-0.1, -0.05) is 6.92 Å². The minimum atomic E-state index is 0.308. The van der Waals surface area contributed by atoms with Crippen molar-refractivity contribution < 1.29 is 4.79 Å². The first-order valence-electron chi connectivity index (χ1n) is 9.14. The number of rotatable bonds is 5. The van der Waals surface area contributed by atoms with Crippen LogP contribution in [0.1, 0.15) is 50.4 Å². The maximum atomic E-state index is 12.8. The highest BCUT2D eigenvalue weighted by atomic mass is 16.2. The molecule has 23 heavy (non-hydrogen) atoms. The van der Waals surface area contributed by atoms with Crippen molar-refractivity contribution in [3.05, 3.63) is 17.5 Å². The maximum absolute atomic E-state index is 12.8. The summed E-state index contributed by atoms with van der Waals surface area (Å²) < 4.78 is 1.96. The first-order valence-corrected chi connectivity index (χ1v) is 9.14. The number of aromatic nitrogens is 2. The maximum Gasteiger partial charge on any atom is 0.224 e. The van der Waals surface area contributed by atoms with Crippen LogP contribution >= 0.6 is 0 Å². The van der Waals surface area contributed by atoms with E-state index in [1.165, 1.54) is 25.8 Å². The molecule has 5 nitrogen and oxygen atoms in total. The summed E-state index contributed by atoms with van der Waals surface area (Å²) in [4.78, 5) is 17.5. The lowest BCUT2D eigenvalue weighted by Crippen LogP contribution is -2.48. The highest BCUT2D eigenvalue weighted by Crippen LogP contribution is 2.30. The zero-order valence-corrected chi connectivity index (χ0v) is 14.8. The van der Waals surface area contributed by atoms with E-state index < -0.39 is 0 Å². The van der Waals surface area contributed by atoms with Crippen LogP contribution in [0.5, 0.6) is 0 Å². The van der Waals surface area contributed by atoms with Gasteiger partial charge < -0.3 is 4.90 Å². The second kappa shape index (κ2) is 7.04. The number of aryl methyl sites for hydroxylation is 3. The van der Waals surface area contributed by atoms with Gasteiger partial charge in [-0.25, -0.2) is 0 Å². The zero-order chi connectivity index (χ0) is 16.4. The molecule has 1 aromatic heterocycles. The summed E-state index contributed by atoms with van der Waals surface area (Å²) >= 11 is 0. The zero-order valence-electron chi connectivity index (χ0n) is 14.8. The SMILES string of the molecule is CCN1CCC[C@@H]1[C@@H]1CCCN1C(=O)CCn1nc(C)cc1C. The van der Waals surface area contributed by atoms with E-state index >= 15 is 0 Å². The molecule has 5 heteroatoms. The molecular weight excluding hydrogens is 288 g/mol. The predicted molar refractivity (Wildman–Crippen MR) is 91.3 cm³/mol. The largest absolute Gasteiger partial charge is 0.338 e. The van der Waals surface area contributed by atoms with Crippen LogP contribution in [0.4, 0.5) is 0 Å². The third-order valence-electron chi connectivity index (χ3n) is 5.52. The molecular formula is C18H30N4O. The molecule has 1 amide bonds. The minimum absolute atomic E-state index is 0.308. The number of hydrogen-bond acceptors (Lipinski definition) is 3. The van der Waals surface area contributed by atoms with Crippen LogP contribution < -0.4 is 0 Å². The molecule has 0 radical (unpaired) electrons. The molecule has 2 atom stereocenters.